The number of ether oxygens (including phenoxy) is 1. The van der Waals surface area contributed by atoms with Gasteiger partial charge in [-0.2, -0.15) is 13.2 Å². The van der Waals surface area contributed by atoms with Gasteiger partial charge in [0.2, 0.25) is 0 Å². The van der Waals surface area contributed by atoms with Crippen LogP contribution in [-0.4, -0.2) is 18.1 Å². The van der Waals surface area contributed by atoms with Crippen molar-refractivity contribution >= 4 is 23.3 Å². The summed E-state index contributed by atoms with van der Waals surface area (Å²) in [4.78, 5) is 11.4. The molecule has 0 radical (unpaired) electrons. The molecule has 0 spiro atoms. The molecular formula is C13H15ClF3NO2. The van der Waals surface area contributed by atoms with E-state index in [0.717, 1.165) is 12.1 Å². The molecule has 7 heteroatoms. The molecule has 0 aliphatic carbocycles. The van der Waals surface area contributed by atoms with Gasteiger partial charge in [-0.3, -0.25) is 4.79 Å². The number of nitrogens with one attached hydrogen (secondary N) is 1. The third kappa shape index (κ3) is 5.28. The summed E-state index contributed by atoms with van der Waals surface area (Å²) in [5.74, 6) is -0.506. The molecule has 1 rings (SSSR count). The number of esters is 1. The Morgan fingerprint density at radius 1 is 1.30 bits per heavy atom. The molecule has 0 atom stereocenters. The number of alkyl halides is 3. The molecule has 1 aromatic rings. The molecule has 0 aromatic heterocycles. The maximum absolute atomic E-state index is 12.5. The molecule has 1 aromatic carbocycles. The summed E-state index contributed by atoms with van der Waals surface area (Å²) in [7, 11) is 0. The van der Waals surface area contributed by atoms with Gasteiger partial charge in [-0.05, 0) is 39.0 Å². The SMILES string of the molecule is CC(C)(C)OC(=O)CNc1ccc(C(F)(F)F)c(Cl)c1. The molecule has 0 unspecified atom stereocenters. The Kier molecular flexibility index (Phi) is 4.91. The van der Waals surface area contributed by atoms with Crippen LogP contribution in [-0.2, 0) is 15.7 Å². The van der Waals surface area contributed by atoms with Crippen molar-refractivity contribution in [2.75, 3.05) is 11.9 Å². The van der Waals surface area contributed by atoms with Gasteiger partial charge in [-0.1, -0.05) is 11.6 Å². The Labute approximate surface area is 120 Å². The van der Waals surface area contributed by atoms with E-state index < -0.39 is 28.3 Å². The zero-order chi connectivity index (χ0) is 15.6. The summed E-state index contributed by atoms with van der Waals surface area (Å²) in [5.41, 5.74) is -1.22. The fraction of sp³-hybridized carbons (Fsp3) is 0.462. The van der Waals surface area contributed by atoms with Crippen LogP contribution in [0.5, 0.6) is 0 Å². The maximum Gasteiger partial charge on any atom is 0.417 e. The molecule has 0 amide bonds. The van der Waals surface area contributed by atoms with Crippen molar-refractivity contribution in [1.29, 1.82) is 0 Å². The highest BCUT2D eigenvalue weighted by molar-refractivity contribution is 6.31. The van der Waals surface area contributed by atoms with E-state index in [2.05, 4.69) is 5.32 Å². The minimum absolute atomic E-state index is 0.154. The van der Waals surface area contributed by atoms with Crippen molar-refractivity contribution in [3.63, 3.8) is 0 Å². The summed E-state index contributed by atoms with van der Waals surface area (Å²) in [5, 5.41) is 2.24. The van der Waals surface area contributed by atoms with Gasteiger partial charge < -0.3 is 10.1 Å². The summed E-state index contributed by atoms with van der Waals surface area (Å²) < 4.78 is 42.6. The van der Waals surface area contributed by atoms with E-state index in [1.807, 2.05) is 0 Å². The highest BCUT2D eigenvalue weighted by Crippen LogP contribution is 2.35. The monoisotopic (exact) mass is 309 g/mol. The first-order valence-corrected chi connectivity index (χ1v) is 6.19. The largest absolute Gasteiger partial charge is 0.459 e. The number of halogens is 4. The van der Waals surface area contributed by atoms with Crippen LogP contribution in [0, 0.1) is 0 Å². The Morgan fingerprint density at radius 2 is 1.90 bits per heavy atom. The highest BCUT2D eigenvalue weighted by Gasteiger charge is 2.33. The fourth-order valence-electron chi connectivity index (χ4n) is 1.41. The van der Waals surface area contributed by atoms with Crippen LogP contribution < -0.4 is 5.32 Å². The van der Waals surface area contributed by atoms with Gasteiger partial charge in [0.05, 0.1) is 10.6 Å². The van der Waals surface area contributed by atoms with E-state index in [9.17, 15) is 18.0 Å². The number of hydrogen-bond acceptors (Lipinski definition) is 3. The van der Waals surface area contributed by atoms with Crippen LogP contribution in [0.2, 0.25) is 5.02 Å². The predicted molar refractivity (Wildman–Crippen MR) is 70.8 cm³/mol. The Bertz CT molecular complexity index is 495. The Balaban J connectivity index is 2.67. The van der Waals surface area contributed by atoms with Gasteiger partial charge in [0.15, 0.2) is 0 Å². The van der Waals surface area contributed by atoms with Crippen molar-refractivity contribution in [2.24, 2.45) is 0 Å². The molecule has 0 saturated carbocycles. The first-order valence-electron chi connectivity index (χ1n) is 5.81. The molecule has 0 fully saturated rings. The van der Waals surface area contributed by atoms with Gasteiger partial charge in [0.25, 0.3) is 0 Å². The molecule has 0 saturated heterocycles. The lowest BCUT2D eigenvalue weighted by Gasteiger charge is -2.20. The quantitative estimate of drug-likeness (QED) is 0.854. The van der Waals surface area contributed by atoms with Crippen LogP contribution in [0.15, 0.2) is 18.2 Å². The smallest absolute Gasteiger partial charge is 0.417 e. The molecule has 0 aliphatic heterocycles. The standard InChI is InChI=1S/C13H15ClF3NO2/c1-12(2,3)20-11(19)7-18-8-4-5-9(10(14)6-8)13(15,16)17/h4-6,18H,7H2,1-3H3. The van der Waals surface area contributed by atoms with Gasteiger partial charge in [-0.15, -0.1) is 0 Å². The minimum Gasteiger partial charge on any atom is -0.459 e. The van der Waals surface area contributed by atoms with Crippen LogP contribution in [0.1, 0.15) is 26.3 Å². The van der Waals surface area contributed by atoms with Gasteiger partial charge in [0, 0.05) is 5.69 Å². The molecule has 0 aliphatic rings. The van der Waals surface area contributed by atoms with E-state index in [0.29, 0.717) is 5.69 Å². The second-order valence-corrected chi connectivity index (χ2v) is 5.54. The van der Waals surface area contributed by atoms with Crippen molar-refractivity contribution in [3.8, 4) is 0 Å². The topological polar surface area (TPSA) is 38.3 Å². The van der Waals surface area contributed by atoms with Crippen LogP contribution in [0.4, 0.5) is 18.9 Å². The molecule has 20 heavy (non-hydrogen) atoms. The normalized spacial score (nSPS) is 12.2. The molecule has 0 heterocycles. The molecule has 0 bridgehead atoms. The van der Waals surface area contributed by atoms with Crippen LogP contribution in [0.3, 0.4) is 0 Å². The van der Waals surface area contributed by atoms with Crippen molar-refractivity contribution in [2.45, 2.75) is 32.5 Å². The first-order chi connectivity index (χ1) is 8.99. The number of carbonyl (C=O) groups is 1. The van der Waals surface area contributed by atoms with Crippen molar-refractivity contribution in [3.05, 3.63) is 28.8 Å². The van der Waals surface area contributed by atoms with Crippen LogP contribution >= 0.6 is 11.6 Å². The number of anilines is 1. The van der Waals surface area contributed by atoms with E-state index in [4.69, 9.17) is 16.3 Å². The molecular weight excluding hydrogens is 295 g/mol. The van der Waals surface area contributed by atoms with Gasteiger partial charge >= 0.3 is 12.1 Å². The van der Waals surface area contributed by atoms with Crippen molar-refractivity contribution in [1.82, 2.24) is 0 Å². The lowest BCUT2D eigenvalue weighted by molar-refractivity contribution is -0.152. The minimum atomic E-state index is -4.50. The fourth-order valence-corrected chi connectivity index (χ4v) is 1.69. The lowest BCUT2D eigenvalue weighted by Crippen LogP contribution is -2.28. The number of carbonyl (C=O) groups excluding carboxylic acids is 1. The lowest BCUT2D eigenvalue weighted by atomic mass is 10.2. The predicted octanol–water partition coefficient (Wildman–Crippen LogP) is 4.11. The average molecular weight is 310 g/mol. The summed E-state index contributed by atoms with van der Waals surface area (Å²) in [6.45, 7) is 5.01. The van der Waals surface area contributed by atoms with E-state index in [1.54, 1.807) is 20.8 Å². The average Bonchev–Trinajstić information content (AvgIpc) is 2.22. The molecule has 112 valence electrons. The zero-order valence-corrected chi connectivity index (χ0v) is 12.0. The van der Waals surface area contributed by atoms with Crippen molar-refractivity contribution < 1.29 is 22.7 Å². The first kappa shape index (κ1) is 16.6. The second-order valence-electron chi connectivity index (χ2n) is 5.13. The van der Waals surface area contributed by atoms with Gasteiger partial charge in [0.1, 0.15) is 12.1 Å². The number of rotatable bonds is 3. The van der Waals surface area contributed by atoms with Gasteiger partial charge in [-0.25, -0.2) is 0 Å². The third-order valence-corrected chi connectivity index (χ3v) is 2.44. The highest BCUT2D eigenvalue weighted by atomic mass is 35.5. The number of hydrogen-bond donors (Lipinski definition) is 1. The Morgan fingerprint density at radius 3 is 2.35 bits per heavy atom. The zero-order valence-electron chi connectivity index (χ0n) is 11.3. The number of benzene rings is 1. The summed E-state index contributed by atoms with van der Waals surface area (Å²) in [6, 6.07) is 3.19. The summed E-state index contributed by atoms with van der Waals surface area (Å²) >= 11 is 5.56. The second kappa shape index (κ2) is 5.91. The molecule has 3 nitrogen and oxygen atoms in total. The van der Waals surface area contributed by atoms with E-state index in [-0.39, 0.29) is 6.54 Å². The Hall–Kier alpha value is -1.43. The van der Waals surface area contributed by atoms with E-state index >= 15 is 0 Å². The van der Waals surface area contributed by atoms with Crippen LogP contribution in [0.25, 0.3) is 0 Å². The molecule has 1 N–H and O–H groups in total. The maximum atomic E-state index is 12.5. The summed E-state index contributed by atoms with van der Waals surface area (Å²) in [6.07, 6.45) is -4.50. The third-order valence-electron chi connectivity index (χ3n) is 2.13. The van der Waals surface area contributed by atoms with E-state index in [1.165, 1.54) is 6.07 Å².